The number of aryl methyl sites for hydroxylation is 1. The zero-order valence-electron chi connectivity index (χ0n) is 10.7. The average molecular weight is 253 g/mol. The number of thiophene rings is 1. The van der Waals surface area contributed by atoms with E-state index in [-0.39, 0.29) is 0 Å². The van der Waals surface area contributed by atoms with Gasteiger partial charge in [-0.25, -0.2) is 0 Å². The molecule has 1 N–H and O–H groups in total. The van der Waals surface area contributed by atoms with Crippen molar-refractivity contribution in [3.63, 3.8) is 0 Å². The molecule has 1 aliphatic heterocycles. The standard InChI is InChI=1S/C14H23NOS/c1-15-12(6-8-13-4-2-10-16-13)7-9-14-5-3-11-17-14/h3,5,11-13,15H,2,4,6-10H2,1H3. The van der Waals surface area contributed by atoms with E-state index >= 15 is 0 Å². The number of rotatable bonds is 7. The third-order valence-corrected chi connectivity index (χ3v) is 4.52. The summed E-state index contributed by atoms with van der Waals surface area (Å²) in [5, 5.41) is 5.60. The van der Waals surface area contributed by atoms with Crippen LogP contribution in [0.3, 0.4) is 0 Å². The van der Waals surface area contributed by atoms with Crippen molar-refractivity contribution in [2.45, 2.75) is 50.7 Å². The van der Waals surface area contributed by atoms with Crippen molar-refractivity contribution in [2.24, 2.45) is 0 Å². The molecule has 0 bridgehead atoms. The van der Waals surface area contributed by atoms with E-state index in [0.717, 1.165) is 6.61 Å². The van der Waals surface area contributed by atoms with Crippen LogP contribution in [-0.2, 0) is 11.2 Å². The van der Waals surface area contributed by atoms with E-state index in [9.17, 15) is 0 Å². The molecule has 17 heavy (non-hydrogen) atoms. The molecular weight excluding hydrogens is 230 g/mol. The quantitative estimate of drug-likeness (QED) is 0.805. The Bertz CT molecular complexity index is 293. The summed E-state index contributed by atoms with van der Waals surface area (Å²) in [7, 11) is 2.08. The lowest BCUT2D eigenvalue weighted by molar-refractivity contribution is 0.0995. The van der Waals surface area contributed by atoms with Crippen LogP contribution >= 0.6 is 11.3 Å². The average Bonchev–Trinajstić information content (AvgIpc) is 3.02. The maximum absolute atomic E-state index is 5.67. The summed E-state index contributed by atoms with van der Waals surface area (Å²) >= 11 is 1.87. The summed E-state index contributed by atoms with van der Waals surface area (Å²) in [6.45, 7) is 0.976. The molecule has 1 aromatic heterocycles. The fraction of sp³-hybridized carbons (Fsp3) is 0.714. The van der Waals surface area contributed by atoms with Crippen LogP contribution in [0.4, 0.5) is 0 Å². The SMILES string of the molecule is CNC(CCc1cccs1)CCC1CCCO1. The maximum Gasteiger partial charge on any atom is 0.0576 e. The van der Waals surface area contributed by atoms with Crippen LogP contribution in [0.1, 0.15) is 37.0 Å². The molecule has 2 unspecified atom stereocenters. The van der Waals surface area contributed by atoms with Gasteiger partial charge in [0.05, 0.1) is 6.10 Å². The molecule has 2 atom stereocenters. The zero-order valence-corrected chi connectivity index (χ0v) is 11.5. The molecule has 0 amide bonds. The Morgan fingerprint density at radius 1 is 1.53 bits per heavy atom. The molecule has 2 nitrogen and oxygen atoms in total. The van der Waals surface area contributed by atoms with Gasteiger partial charge in [0, 0.05) is 17.5 Å². The highest BCUT2D eigenvalue weighted by Gasteiger charge is 2.17. The lowest BCUT2D eigenvalue weighted by atomic mass is 10.0. The van der Waals surface area contributed by atoms with Gasteiger partial charge in [-0.1, -0.05) is 6.07 Å². The van der Waals surface area contributed by atoms with E-state index in [1.807, 2.05) is 11.3 Å². The highest BCUT2D eigenvalue weighted by molar-refractivity contribution is 7.09. The summed E-state index contributed by atoms with van der Waals surface area (Å²) in [6.07, 6.45) is 7.96. The van der Waals surface area contributed by atoms with Crippen LogP contribution in [0.2, 0.25) is 0 Å². The molecule has 2 heterocycles. The molecule has 0 saturated carbocycles. The van der Waals surface area contributed by atoms with Gasteiger partial charge in [0.25, 0.3) is 0 Å². The van der Waals surface area contributed by atoms with Crippen LogP contribution in [0.25, 0.3) is 0 Å². The van der Waals surface area contributed by atoms with E-state index in [1.165, 1.54) is 43.4 Å². The van der Waals surface area contributed by atoms with Gasteiger partial charge < -0.3 is 10.1 Å². The summed E-state index contributed by atoms with van der Waals surface area (Å²) < 4.78 is 5.67. The van der Waals surface area contributed by atoms with Crippen molar-refractivity contribution in [3.8, 4) is 0 Å². The predicted octanol–water partition coefficient (Wildman–Crippen LogP) is 3.23. The first-order chi connectivity index (χ1) is 8.38. The first kappa shape index (κ1) is 13.1. The van der Waals surface area contributed by atoms with Crippen LogP contribution < -0.4 is 5.32 Å². The van der Waals surface area contributed by atoms with Crippen molar-refractivity contribution >= 4 is 11.3 Å². The lowest BCUT2D eigenvalue weighted by Crippen LogP contribution is -2.27. The molecule has 2 rings (SSSR count). The number of hydrogen-bond acceptors (Lipinski definition) is 3. The predicted molar refractivity (Wildman–Crippen MR) is 73.7 cm³/mol. The Morgan fingerprint density at radius 3 is 3.12 bits per heavy atom. The van der Waals surface area contributed by atoms with Crippen LogP contribution in [0, 0.1) is 0 Å². The second-order valence-electron chi connectivity index (χ2n) is 4.82. The molecular formula is C14H23NOS. The van der Waals surface area contributed by atoms with Gasteiger partial charge in [0.15, 0.2) is 0 Å². The van der Waals surface area contributed by atoms with Gasteiger partial charge in [-0.2, -0.15) is 0 Å². The van der Waals surface area contributed by atoms with Crippen molar-refractivity contribution in [1.29, 1.82) is 0 Å². The van der Waals surface area contributed by atoms with Crippen molar-refractivity contribution in [1.82, 2.24) is 5.32 Å². The molecule has 1 aliphatic rings. The largest absolute Gasteiger partial charge is 0.378 e. The molecule has 3 heteroatoms. The molecule has 0 radical (unpaired) electrons. The molecule has 1 saturated heterocycles. The third kappa shape index (κ3) is 4.41. The van der Waals surface area contributed by atoms with Gasteiger partial charge in [-0.15, -0.1) is 11.3 Å². The van der Waals surface area contributed by atoms with Gasteiger partial charge in [0.1, 0.15) is 0 Å². The number of ether oxygens (including phenoxy) is 1. The Morgan fingerprint density at radius 2 is 2.47 bits per heavy atom. The van der Waals surface area contributed by atoms with E-state index in [1.54, 1.807) is 0 Å². The Labute approximate surface area is 108 Å². The Kier molecular flexibility index (Phi) is 5.49. The Balaban J connectivity index is 1.65. The first-order valence-electron chi connectivity index (χ1n) is 6.69. The monoisotopic (exact) mass is 253 g/mol. The topological polar surface area (TPSA) is 21.3 Å². The van der Waals surface area contributed by atoms with E-state index in [4.69, 9.17) is 4.74 Å². The van der Waals surface area contributed by atoms with E-state index in [0.29, 0.717) is 12.1 Å². The smallest absolute Gasteiger partial charge is 0.0576 e. The lowest BCUT2D eigenvalue weighted by Gasteiger charge is -2.17. The van der Waals surface area contributed by atoms with Crippen LogP contribution in [-0.4, -0.2) is 25.8 Å². The molecule has 0 aliphatic carbocycles. The summed E-state index contributed by atoms with van der Waals surface area (Å²) in [4.78, 5) is 1.50. The van der Waals surface area contributed by atoms with E-state index < -0.39 is 0 Å². The summed E-state index contributed by atoms with van der Waals surface area (Å²) in [5.74, 6) is 0. The van der Waals surface area contributed by atoms with Crippen LogP contribution in [0.15, 0.2) is 17.5 Å². The molecule has 1 fully saturated rings. The molecule has 0 spiro atoms. The summed E-state index contributed by atoms with van der Waals surface area (Å²) in [5.41, 5.74) is 0. The second-order valence-corrected chi connectivity index (χ2v) is 5.85. The van der Waals surface area contributed by atoms with Crippen molar-refractivity contribution in [3.05, 3.63) is 22.4 Å². The van der Waals surface area contributed by atoms with Gasteiger partial charge >= 0.3 is 0 Å². The molecule has 96 valence electrons. The zero-order chi connectivity index (χ0) is 11.9. The molecule has 0 aromatic carbocycles. The second kappa shape index (κ2) is 7.14. The number of hydrogen-bond donors (Lipinski definition) is 1. The van der Waals surface area contributed by atoms with Gasteiger partial charge in [-0.05, 0) is 57.0 Å². The minimum atomic E-state index is 0.535. The first-order valence-corrected chi connectivity index (χ1v) is 7.57. The highest BCUT2D eigenvalue weighted by atomic mass is 32.1. The maximum atomic E-state index is 5.67. The van der Waals surface area contributed by atoms with Crippen molar-refractivity contribution in [2.75, 3.05) is 13.7 Å². The van der Waals surface area contributed by atoms with Gasteiger partial charge in [-0.3, -0.25) is 0 Å². The fourth-order valence-electron chi connectivity index (χ4n) is 2.46. The fourth-order valence-corrected chi connectivity index (χ4v) is 3.19. The van der Waals surface area contributed by atoms with Crippen LogP contribution in [0.5, 0.6) is 0 Å². The third-order valence-electron chi connectivity index (χ3n) is 3.59. The summed E-state index contributed by atoms with van der Waals surface area (Å²) in [6, 6.07) is 5.01. The minimum absolute atomic E-state index is 0.535. The van der Waals surface area contributed by atoms with E-state index in [2.05, 4.69) is 29.9 Å². The van der Waals surface area contributed by atoms with Crippen molar-refractivity contribution < 1.29 is 4.74 Å². The van der Waals surface area contributed by atoms with Gasteiger partial charge in [0.2, 0.25) is 0 Å². The minimum Gasteiger partial charge on any atom is -0.378 e. The highest BCUT2D eigenvalue weighted by Crippen LogP contribution is 2.19. The number of nitrogens with one attached hydrogen (secondary N) is 1. The Hall–Kier alpha value is -0.380. The normalized spacial score (nSPS) is 21.8. The molecule has 1 aromatic rings.